The number of anilines is 3. The fourth-order valence-corrected chi connectivity index (χ4v) is 2.17. The van der Waals surface area contributed by atoms with Crippen molar-refractivity contribution in [2.45, 2.75) is 25.7 Å². The minimum atomic E-state index is -0.986. The Morgan fingerprint density at radius 3 is 2.78 bits per heavy atom. The van der Waals surface area contributed by atoms with E-state index in [0.29, 0.717) is 23.0 Å². The second kappa shape index (κ2) is 6.20. The van der Waals surface area contributed by atoms with Crippen LogP contribution in [0.25, 0.3) is 0 Å². The highest BCUT2D eigenvalue weighted by Gasteiger charge is 2.26. The number of carbonyl (C=O) groups is 1. The van der Waals surface area contributed by atoms with Gasteiger partial charge in [0.15, 0.2) is 0 Å². The van der Waals surface area contributed by atoms with Crippen LogP contribution in [0.4, 0.5) is 21.8 Å². The van der Waals surface area contributed by atoms with Gasteiger partial charge in [0.2, 0.25) is 5.95 Å². The van der Waals surface area contributed by atoms with E-state index < -0.39 is 5.97 Å². The lowest BCUT2D eigenvalue weighted by molar-refractivity contribution is -0.134. The van der Waals surface area contributed by atoms with E-state index in [1.807, 2.05) is 6.07 Å². The largest absolute Gasteiger partial charge is 0.480 e. The molecule has 0 aliphatic heterocycles. The third-order valence-electron chi connectivity index (χ3n) is 3.58. The number of nitrogens with zero attached hydrogens (tertiary/aromatic N) is 2. The lowest BCUT2D eigenvalue weighted by Gasteiger charge is -2.11. The first-order valence-electron chi connectivity index (χ1n) is 7.39. The van der Waals surface area contributed by atoms with Crippen LogP contribution in [0.1, 0.15) is 30.0 Å². The van der Waals surface area contributed by atoms with Gasteiger partial charge in [-0.2, -0.15) is 4.98 Å². The molecule has 0 radical (unpaired) electrons. The molecule has 23 heavy (non-hydrogen) atoms. The van der Waals surface area contributed by atoms with Crippen LogP contribution < -0.4 is 10.6 Å². The van der Waals surface area contributed by atoms with E-state index in [1.54, 1.807) is 19.1 Å². The van der Waals surface area contributed by atoms with Gasteiger partial charge in [0, 0.05) is 17.7 Å². The highest BCUT2D eigenvalue weighted by molar-refractivity contribution is 5.72. The maximum Gasteiger partial charge on any atom is 0.322 e. The highest BCUT2D eigenvalue weighted by atomic mass is 19.1. The molecule has 7 heteroatoms. The van der Waals surface area contributed by atoms with Crippen molar-refractivity contribution in [1.29, 1.82) is 0 Å². The van der Waals surface area contributed by atoms with Crippen molar-refractivity contribution in [3.8, 4) is 0 Å². The summed E-state index contributed by atoms with van der Waals surface area (Å²) in [5.41, 5.74) is 2.02. The zero-order valence-corrected chi connectivity index (χ0v) is 12.6. The molecule has 0 bridgehead atoms. The molecule has 0 amide bonds. The van der Waals surface area contributed by atoms with Crippen molar-refractivity contribution in [3.05, 3.63) is 41.3 Å². The van der Waals surface area contributed by atoms with E-state index in [4.69, 9.17) is 5.11 Å². The molecular formula is C16H17FN4O2. The van der Waals surface area contributed by atoms with Crippen LogP contribution in [0.2, 0.25) is 0 Å². The molecule has 0 saturated heterocycles. The summed E-state index contributed by atoms with van der Waals surface area (Å²) in [5.74, 6) is -0.125. The van der Waals surface area contributed by atoms with Gasteiger partial charge < -0.3 is 15.7 Å². The summed E-state index contributed by atoms with van der Waals surface area (Å²) in [6.45, 7) is 1.44. The van der Waals surface area contributed by atoms with Crippen molar-refractivity contribution in [1.82, 2.24) is 9.97 Å². The van der Waals surface area contributed by atoms with Crippen molar-refractivity contribution in [2.75, 3.05) is 17.2 Å². The number of aliphatic carboxylic acids is 1. The van der Waals surface area contributed by atoms with Gasteiger partial charge in [-0.05, 0) is 37.5 Å². The van der Waals surface area contributed by atoms with Gasteiger partial charge >= 0.3 is 5.97 Å². The predicted molar refractivity (Wildman–Crippen MR) is 84.6 cm³/mol. The van der Waals surface area contributed by atoms with Crippen LogP contribution in [0, 0.1) is 12.7 Å². The number of benzene rings is 1. The van der Waals surface area contributed by atoms with Gasteiger partial charge in [0.25, 0.3) is 0 Å². The number of hydrogen-bond acceptors (Lipinski definition) is 5. The Kier molecular flexibility index (Phi) is 4.10. The van der Waals surface area contributed by atoms with E-state index in [-0.39, 0.29) is 18.3 Å². The second-order valence-corrected chi connectivity index (χ2v) is 5.61. The van der Waals surface area contributed by atoms with Crippen LogP contribution in [0.5, 0.6) is 0 Å². The van der Waals surface area contributed by atoms with E-state index in [0.717, 1.165) is 18.5 Å². The molecule has 3 rings (SSSR count). The highest BCUT2D eigenvalue weighted by Crippen LogP contribution is 2.40. The molecule has 1 aliphatic carbocycles. The first kappa shape index (κ1) is 15.2. The normalized spacial score (nSPS) is 13.7. The number of nitrogens with one attached hydrogen (secondary N) is 2. The fraction of sp³-hybridized carbons (Fsp3) is 0.312. The second-order valence-electron chi connectivity index (χ2n) is 5.61. The molecule has 1 aliphatic rings. The minimum absolute atomic E-state index is 0.256. The molecule has 0 spiro atoms. The smallest absolute Gasteiger partial charge is 0.322 e. The molecule has 1 fully saturated rings. The number of aromatic nitrogens is 2. The van der Waals surface area contributed by atoms with Gasteiger partial charge in [0.1, 0.15) is 18.2 Å². The molecule has 1 aromatic carbocycles. The van der Waals surface area contributed by atoms with Crippen LogP contribution in [-0.4, -0.2) is 27.6 Å². The number of halogens is 1. The number of rotatable bonds is 6. The Hall–Kier alpha value is -2.70. The van der Waals surface area contributed by atoms with Gasteiger partial charge in [-0.25, -0.2) is 9.37 Å². The van der Waals surface area contributed by atoms with E-state index in [9.17, 15) is 9.18 Å². The Morgan fingerprint density at radius 2 is 2.13 bits per heavy atom. The number of aryl methyl sites for hydroxylation is 1. The van der Waals surface area contributed by atoms with E-state index >= 15 is 0 Å². The first-order chi connectivity index (χ1) is 11.0. The quantitative estimate of drug-likeness (QED) is 0.759. The van der Waals surface area contributed by atoms with Crippen molar-refractivity contribution in [3.63, 3.8) is 0 Å². The summed E-state index contributed by atoms with van der Waals surface area (Å²) in [6, 6.07) is 6.67. The SMILES string of the molecule is Cc1ccc(Nc2cc(C3CC3)nc(NCC(=O)O)n2)cc1F. The molecule has 0 atom stereocenters. The Labute approximate surface area is 132 Å². The lowest BCUT2D eigenvalue weighted by Crippen LogP contribution is -2.15. The Balaban J connectivity index is 1.84. The Morgan fingerprint density at radius 1 is 1.35 bits per heavy atom. The summed E-state index contributed by atoms with van der Waals surface area (Å²) < 4.78 is 13.6. The molecule has 120 valence electrons. The summed E-state index contributed by atoms with van der Waals surface area (Å²) in [4.78, 5) is 19.3. The zero-order chi connectivity index (χ0) is 16.4. The zero-order valence-electron chi connectivity index (χ0n) is 12.6. The van der Waals surface area contributed by atoms with Crippen molar-refractivity contribution in [2.24, 2.45) is 0 Å². The minimum Gasteiger partial charge on any atom is -0.480 e. The average molecular weight is 316 g/mol. The summed E-state index contributed by atoms with van der Waals surface area (Å²) in [7, 11) is 0. The number of carboxylic acids is 1. The summed E-state index contributed by atoms with van der Waals surface area (Å²) >= 11 is 0. The van der Waals surface area contributed by atoms with Gasteiger partial charge in [0.05, 0.1) is 5.69 Å². The molecule has 0 unspecified atom stereocenters. The number of carboxylic acid groups (broad SMARTS) is 1. The first-order valence-corrected chi connectivity index (χ1v) is 7.39. The molecule has 2 aromatic rings. The third kappa shape index (κ3) is 3.94. The van der Waals surface area contributed by atoms with Crippen LogP contribution in [-0.2, 0) is 4.79 Å². The van der Waals surface area contributed by atoms with Gasteiger partial charge in [-0.1, -0.05) is 6.07 Å². The fourth-order valence-electron chi connectivity index (χ4n) is 2.17. The topological polar surface area (TPSA) is 87.1 Å². The van der Waals surface area contributed by atoms with E-state index in [2.05, 4.69) is 20.6 Å². The van der Waals surface area contributed by atoms with Crippen LogP contribution in [0.15, 0.2) is 24.3 Å². The molecular weight excluding hydrogens is 299 g/mol. The summed E-state index contributed by atoms with van der Waals surface area (Å²) in [6.07, 6.45) is 2.13. The van der Waals surface area contributed by atoms with Gasteiger partial charge in [-0.15, -0.1) is 0 Å². The standard InChI is InChI=1S/C16H17FN4O2/c1-9-2-5-11(6-12(9)17)19-14-7-13(10-3-4-10)20-16(21-14)18-8-15(22)23/h2,5-7,10H,3-4,8H2,1H3,(H,22,23)(H2,18,19,20,21). The maximum absolute atomic E-state index is 13.6. The van der Waals surface area contributed by atoms with Crippen molar-refractivity contribution < 1.29 is 14.3 Å². The van der Waals surface area contributed by atoms with Gasteiger partial charge in [-0.3, -0.25) is 4.79 Å². The molecule has 1 aromatic heterocycles. The average Bonchev–Trinajstić information content (AvgIpc) is 3.33. The van der Waals surface area contributed by atoms with Crippen LogP contribution >= 0.6 is 0 Å². The van der Waals surface area contributed by atoms with Crippen LogP contribution in [0.3, 0.4) is 0 Å². The molecule has 1 heterocycles. The van der Waals surface area contributed by atoms with E-state index in [1.165, 1.54) is 6.07 Å². The van der Waals surface area contributed by atoms with Crippen molar-refractivity contribution >= 4 is 23.4 Å². The number of hydrogen-bond donors (Lipinski definition) is 3. The third-order valence-corrected chi connectivity index (χ3v) is 3.58. The molecule has 3 N–H and O–H groups in total. The molecule has 6 nitrogen and oxygen atoms in total. The Bertz CT molecular complexity index is 747. The summed E-state index contributed by atoms with van der Waals surface area (Å²) in [5, 5.41) is 14.5. The monoisotopic (exact) mass is 316 g/mol. The molecule has 1 saturated carbocycles. The predicted octanol–water partition coefficient (Wildman–Crippen LogP) is 3.04. The maximum atomic E-state index is 13.6. The lowest BCUT2D eigenvalue weighted by atomic mass is 10.2.